The van der Waals surface area contributed by atoms with E-state index in [1.54, 1.807) is 0 Å². The number of anilines is 1. The molecule has 1 unspecified atom stereocenters. The molecule has 0 saturated carbocycles. The molecule has 20 heavy (non-hydrogen) atoms. The van der Waals surface area contributed by atoms with Crippen molar-refractivity contribution in [3.8, 4) is 0 Å². The second-order valence-electron chi connectivity index (χ2n) is 4.97. The summed E-state index contributed by atoms with van der Waals surface area (Å²) >= 11 is 1.94. The molecule has 1 saturated heterocycles. The normalized spacial score (nSPS) is 24.2. The number of hydrogen-bond acceptors (Lipinski definition) is 6. The van der Waals surface area contributed by atoms with Crippen molar-refractivity contribution in [1.29, 1.82) is 0 Å². The van der Waals surface area contributed by atoms with Crippen molar-refractivity contribution in [1.82, 2.24) is 15.3 Å². The van der Waals surface area contributed by atoms with Crippen molar-refractivity contribution in [2.24, 2.45) is 10.9 Å². The summed E-state index contributed by atoms with van der Waals surface area (Å²) < 4.78 is 0. The predicted octanol–water partition coefficient (Wildman–Crippen LogP) is 1.86. The minimum absolute atomic E-state index is 0.281. The van der Waals surface area contributed by atoms with Crippen LogP contribution in [0.2, 0.25) is 0 Å². The Kier molecular flexibility index (Phi) is 2.95. The van der Waals surface area contributed by atoms with Gasteiger partial charge in [0.1, 0.15) is 11.7 Å². The molecule has 6 heteroatoms. The fraction of sp³-hybridized carbons (Fsp3) is 0.357. The van der Waals surface area contributed by atoms with Gasteiger partial charge in [0, 0.05) is 30.3 Å². The lowest BCUT2D eigenvalue weighted by molar-refractivity contribution is 0.835. The number of rotatable bonds is 2. The number of thioether (sulfide) groups is 1. The molecule has 4 rings (SSSR count). The van der Waals surface area contributed by atoms with Gasteiger partial charge in [0.05, 0.1) is 11.8 Å². The molecule has 102 valence electrons. The largest absolute Gasteiger partial charge is 0.350 e. The first-order valence-electron chi connectivity index (χ1n) is 6.77. The lowest BCUT2D eigenvalue weighted by Gasteiger charge is -2.20. The van der Waals surface area contributed by atoms with Crippen LogP contribution < -0.4 is 10.2 Å². The summed E-state index contributed by atoms with van der Waals surface area (Å²) in [6, 6.07) is 1.99. The fourth-order valence-corrected chi connectivity index (χ4v) is 3.62. The lowest BCUT2D eigenvalue weighted by Crippen LogP contribution is -2.28. The molecule has 0 aliphatic carbocycles. The first-order valence-corrected chi connectivity index (χ1v) is 7.93. The van der Waals surface area contributed by atoms with Crippen LogP contribution >= 0.6 is 11.8 Å². The van der Waals surface area contributed by atoms with E-state index in [0.29, 0.717) is 0 Å². The Hall–Kier alpha value is -1.82. The first-order chi connectivity index (χ1) is 9.92. The molecule has 3 aliphatic heterocycles. The maximum absolute atomic E-state index is 4.74. The molecule has 4 heterocycles. The Bertz CT molecular complexity index is 616. The Morgan fingerprint density at radius 3 is 3.30 bits per heavy atom. The van der Waals surface area contributed by atoms with Gasteiger partial charge in [-0.1, -0.05) is 6.08 Å². The molecular weight excluding hydrogens is 270 g/mol. The summed E-state index contributed by atoms with van der Waals surface area (Å²) in [5, 5.41) is 3.20. The van der Waals surface area contributed by atoms with Gasteiger partial charge < -0.3 is 10.2 Å². The number of nitrogens with zero attached hydrogens (tertiary/aromatic N) is 4. The molecule has 1 aromatic rings. The van der Waals surface area contributed by atoms with E-state index in [4.69, 9.17) is 4.98 Å². The minimum Gasteiger partial charge on any atom is -0.350 e. The Labute approximate surface area is 121 Å². The Morgan fingerprint density at radius 1 is 1.40 bits per heavy atom. The second-order valence-corrected chi connectivity index (χ2v) is 6.05. The number of nitrogens with one attached hydrogen (secondary N) is 1. The van der Waals surface area contributed by atoms with Crippen molar-refractivity contribution in [3.05, 3.63) is 36.6 Å². The minimum atomic E-state index is 0.281. The highest BCUT2D eigenvalue weighted by Gasteiger charge is 2.28. The van der Waals surface area contributed by atoms with Crippen LogP contribution in [0.1, 0.15) is 12.2 Å². The van der Waals surface area contributed by atoms with E-state index in [0.717, 1.165) is 41.9 Å². The predicted molar refractivity (Wildman–Crippen MR) is 82.5 cm³/mol. The smallest absolute Gasteiger partial charge is 0.159 e. The second kappa shape index (κ2) is 4.94. The quantitative estimate of drug-likeness (QED) is 0.899. The molecule has 1 atom stereocenters. The van der Waals surface area contributed by atoms with Crippen molar-refractivity contribution in [2.75, 3.05) is 23.1 Å². The van der Waals surface area contributed by atoms with Gasteiger partial charge >= 0.3 is 0 Å². The van der Waals surface area contributed by atoms with Crippen molar-refractivity contribution in [3.63, 3.8) is 0 Å². The molecule has 5 nitrogen and oxygen atoms in total. The van der Waals surface area contributed by atoms with Crippen LogP contribution in [0.4, 0.5) is 5.82 Å². The summed E-state index contributed by atoms with van der Waals surface area (Å²) in [5.74, 6) is 5.31. The fourth-order valence-electron chi connectivity index (χ4n) is 2.66. The Balaban J connectivity index is 1.63. The molecule has 1 fully saturated rings. The highest BCUT2D eigenvalue weighted by molar-refractivity contribution is 7.99. The third-order valence-corrected chi connectivity index (χ3v) is 4.71. The van der Waals surface area contributed by atoms with E-state index in [9.17, 15) is 0 Å². The number of allylic oxidation sites excluding steroid dienone is 1. The molecule has 1 aromatic heterocycles. The van der Waals surface area contributed by atoms with Gasteiger partial charge in [-0.3, -0.25) is 0 Å². The van der Waals surface area contributed by atoms with Crippen molar-refractivity contribution >= 4 is 29.0 Å². The number of hydrogen-bond donors (Lipinski definition) is 1. The van der Waals surface area contributed by atoms with Crippen molar-refractivity contribution in [2.45, 2.75) is 6.42 Å². The van der Waals surface area contributed by atoms with E-state index in [1.165, 1.54) is 5.75 Å². The summed E-state index contributed by atoms with van der Waals surface area (Å²) in [7, 11) is 0. The zero-order chi connectivity index (χ0) is 13.4. The number of aliphatic imine (C=N–C) groups is 1. The monoisotopic (exact) mass is 285 g/mol. The summed E-state index contributed by atoms with van der Waals surface area (Å²) in [5.41, 5.74) is 1.12. The average molecular weight is 285 g/mol. The maximum Gasteiger partial charge on any atom is 0.159 e. The van der Waals surface area contributed by atoms with E-state index in [1.807, 2.05) is 36.4 Å². The zero-order valence-corrected chi connectivity index (χ0v) is 11.8. The van der Waals surface area contributed by atoms with Crippen LogP contribution in [0.3, 0.4) is 0 Å². The van der Waals surface area contributed by atoms with Gasteiger partial charge in [-0.25, -0.2) is 15.0 Å². The maximum atomic E-state index is 4.74. The molecule has 3 aliphatic rings. The summed E-state index contributed by atoms with van der Waals surface area (Å²) in [4.78, 5) is 15.9. The number of amidine groups is 1. The third-order valence-electron chi connectivity index (χ3n) is 3.74. The van der Waals surface area contributed by atoms with Gasteiger partial charge in [0.2, 0.25) is 0 Å². The molecule has 0 radical (unpaired) electrons. The highest BCUT2D eigenvalue weighted by atomic mass is 32.2. The molecule has 0 amide bonds. The average Bonchev–Trinajstić information content (AvgIpc) is 3.17. The van der Waals surface area contributed by atoms with E-state index >= 15 is 0 Å². The van der Waals surface area contributed by atoms with E-state index in [-0.39, 0.29) is 5.92 Å². The summed E-state index contributed by atoms with van der Waals surface area (Å²) in [6.07, 6.45) is 8.79. The molecule has 1 N–H and O–H groups in total. The first kappa shape index (κ1) is 12.0. The van der Waals surface area contributed by atoms with Crippen LogP contribution in [-0.2, 0) is 0 Å². The van der Waals surface area contributed by atoms with Crippen LogP contribution in [-0.4, -0.2) is 34.0 Å². The van der Waals surface area contributed by atoms with Crippen LogP contribution in [0.15, 0.2) is 35.7 Å². The zero-order valence-electron chi connectivity index (χ0n) is 11.0. The van der Waals surface area contributed by atoms with Gasteiger partial charge in [-0.15, -0.1) is 11.8 Å². The number of fused-ring (bicyclic) bond motifs is 1. The standard InChI is InChI=1S/C14H15N5S/c1-2-10-11(8-17-13(10)15-4-1)14-16-5-3-12(18-14)19-6-7-20-9-19/h1,3-5,8,10H,2,6-7,9H2,(H,15,17). The topological polar surface area (TPSA) is 53.4 Å². The molecular formula is C14H15N5S. The van der Waals surface area contributed by atoms with Crippen LogP contribution in [0.25, 0.3) is 5.57 Å². The molecule has 0 bridgehead atoms. The third kappa shape index (κ3) is 2.00. The van der Waals surface area contributed by atoms with Crippen LogP contribution in [0.5, 0.6) is 0 Å². The Morgan fingerprint density at radius 2 is 2.40 bits per heavy atom. The molecule has 0 spiro atoms. The van der Waals surface area contributed by atoms with Gasteiger partial charge in [0.25, 0.3) is 0 Å². The molecule has 0 aromatic carbocycles. The van der Waals surface area contributed by atoms with E-state index < -0.39 is 0 Å². The van der Waals surface area contributed by atoms with Crippen LogP contribution in [0, 0.1) is 5.92 Å². The lowest BCUT2D eigenvalue weighted by atomic mass is 9.94. The van der Waals surface area contributed by atoms with Gasteiger partial charge in [-0.05, 0) is 18.7 Å². The van der Waals surface area contributed by atoms with Crippen molar-refractivity contribution < 1.29 is 0 Å². The highest BCUT2D eigenvalue weighted by Crippen LogP contribution is 2.32. The SMILES string of the molecule is C1=CNC2=NC=C(c3nccc(N4CCSC4)n3)C2C1. The van der Waals surface area contributed by atoms with Gasteiger partial charge in [0.15, 0.2) is 5.82 Å². The van der Waals surface area contributed by atoms with Gasteiger partial charge in [-0.2, -0.15) is 0 Å². The van der Waals surface area contributed by atoms with E-state index in [2.05, 4.69) is 26.3 Å². The summed E-state index contributed by atoms with van der Waals surface area (Å²) in [6.45, 7) is 1.07. The number of aromatic nitrogens is 2.